The summed E-state index contributed by atoms with van der Waals surface area (Å²) in [6.07, 6.45) is 0.874. The van der Waals surface area contributed by atoms with Crippen LogP contribution >= 0.6 is 24.0 Å². The molecule has 3 N–H and O–H groups in total. The molecule has 0 aliphatic carbocycles. The van der Waals surface area contributed by atoms with E-state index in [4.69, 9.17) is 19.9 Å². The third kappa shape index (κ3) is 5.17. The number of halogens is 1. The van der Waals surface area contributed by atoms with Crippen LogP contribution < -0.4 is 25.3 Å². The maximum Gasteiger partial charge on any atom is 0.193 e. The quantitative estimate of drug-likeness (QED) is 0.406. The normalized spacial score (nSPS) is 13.4. The van der Waals surface area contributed by atoms with Crippen LogP contribution in [0.15, 0.2) is 41.4 Å². The van der Waals surface area contributed by atoms with Gasteiger partial charge < -0.3 is 25.3 Å². The summed E-state index contributed by atoms with van der Waals surface area (Å²) in [5, 5.41) is 3.08. The van der Waals surface area contributed by atoms with Crippen molar-refractivity contribution in [3.8, 4) is 17.2 Å². The Kier molecular flexibility index (Phi) is 7.38. The van der Waals surface area contributed by atoms with Crippen LogP contribution in [0.2, 0.25) is 0 Å². The van der Waals surface area contributed by atoms with Crippen LogP contribution in [0.25, 0.3) is 0 Å². The molecule has 2 aromatic rings. The van der Waals surface area contributed by atoms with Crippen LogP contribution in [-0.2, 0) is 6.54 Å². The monoisotopic (exact) mass is 469 g/mol. The van der Waals surface area contributed by atoms with Gasteiger partial charge in [-0.2, -0.15) is 0 Å². The lowest BCUT2D eigenvalue weighted by Gasteiger charge is -2.11. The molecule has 0 saturated heterocycles. The number of nitrogens with two attached hydrogens (primary N) is 1. The highest BCUT2D eigenvalue weighted by molar-refractivity contribution is 14.0. The summed E-state index contributed by atoms with van der Waals surface area (Å²) in [5.41, 5.74) is 8.94. The van der Waals surface area contributed by atoms with E-state index in [2.05, 4.69) is 10.3 Å². The first kappa shape index (κ1) is 20.2. The Morgan fingerprint density at radius 1 is 1.15 bits per heavy atom. The number of guanidine groups is 1. The number of rotatable bonds is 4. The van der Waals surface area contributed by atoms with Gasteiger partial charge in [-0.15, -0.1) is 24.0 Å². The average Bonchev–Trinajstić information content (AvgIpc) is 2.85. The van der Waals surface area contributed by atoms with Crippen LogP contribution in [0.3, 0.4) is 0 Å². The molecule has 0 unspecified atom stereocenters. The highest BCUT2D eigenvalue weighted by Gasteiger charge is 2.11. The second kappa shape index (κ2) is 9.51. The fourth-order valence-corrected chi connectivity index (χ4v) is 2.58. The van der Waals surface area contributed by atoms with E-state index >= 15 is 0 Å². The number of benzene rings is 2. The van der Waals surface area contributed by atoms with E-state index in [1.165, 1.54) is 0 Å². The molecule has 0 aromatic heterocycles. The van der Waals surface area contributed by atoms with E-state index in [1.54, 1.807) is 7.11 Å². The number of hydrogen-bond acceptors (Lipinski definition) is 4. The average molecular weight is 469 g/mol. The summed E-state index contributed by atoms with van der Waals surface area (Å²) < 4.78 is 16.7. The van der Waals surface area contributed by atoms with Crippen molar-refractivity contribution in [2.75, 3.05) is 25.6 Å². The molecular weight excluding hydrogens is 445 g/mol. The number of nitrogens with one attached hydrogen (secondary N) is 1. The summed E-state index contributed by atoms with van der Waals surface area (Å²) in [5.74, 6) is 2.61. The van der Waals surface area contributed by atoms with Gasteiger partial charge in [0.05, 0.1) is 26.9 Å². The third-order valence-corrected chi connectivity index (χ3v) is 3.88. The van der Waals surface area contributed by atoms with Gasteiger partial charge in [-0.1, -0.05) is 12.1 Å². The first-order valence-electron chi connectivity index (χ1n) is 8.26. The highest BCUT2D eigenvalue weighted by atomic mass is 127. The molecule has 0 fully saturated rings. The minimum Gasteiger partial charge on any atom is -0.496 e. The van der Waals surface area contributed by atoms with Gasteiger partial charge in [0.25, 0.3) is 0 Å². The largest absolute Gasteiger partial charge is 0.496 e. The first-order valence-corrected chi connectivity index (χ1v) is 8.26. The maximum absolute atomic E-state index is 6.01. The lowest BCUT2D eigenvalue weighted by Crippen LogP contribution is -2.22. The molecule has 6 nitrogen and oxygen atoms in total. The SMILES string of the molecule is COc1cc(C)ccc1CN=C(N)Nc1ccc2c(c1)OCCCO2.I. The topological polar surface area (TPSA) is 78.1 Å². The minimum atomic E-state index is 0. The Hall–Kier alpha value is -2.16. The van der Waals surface area contributed by atoms with Gasteiger partial charge in [0.2, 0.25) is 0 Å². The zero-order valence-corrected chi connectivity index (χ0v) is 17.3. The van der Waals surface area contributed by atoms with Gasteiger partial charge in [0, 0.05) is 23.7 Å². The second-order valence-electron chi connectivity index (χ2n) is 5.85. The number of hydrogen-bond donors (Lipinski definition) is 2. The summed E-state index contributed by atoms with van der Waals surface area (Å²) in [6, 6.07) is 11.6. The molecule has 1 aliphatic heterocycles. The lowest BCUT2D eigenvalue weighted by molar-refractivity contribution is 0.297. The van der Waals surface area contributed by atoms with Crippen LogP contribution in [-0.4, -0.2) is 26.3 Å². The van der Waals surface area contributed by atoms with E-state index in [0.717, 1.165) is 40.5 Å². The van der Waals surface area contributed by atoms with Gasteiger partial charge >= 0.3 is 0 Å². The van der Waals surface area contributed by atoms with E-state index in [-0.39, 0.29) is 24.0 Å². The molecule has 0 spiro atoms. The number of fused-ring (bicyclic) bond motifs is 1. The first-order chi connectivity index (χ1) is 12.2. The summed E-state index contributed by atoms with van der Waals surface area (Å²) in [7, 11) is 1.65. The van der Waals surface area contributed by atoms with Gasteiger partial charge in [0.1, 0.15) is 5.75 Å². The maximum atomic E-state index is 6.01. The standard InChI is InChI=1S/C19H23N3O3.HI/c1-13-4-5-14(17(10-13)23-2)12-21-19(20)22-15-6-7-16-18(11-15)25-9-3-8-24-16;/h4-7,10-11H,3,8-9,12H2,1-2H3,(H3,20,21,22);1H. The molecule has 140 valence electrons. The summed E-state index contributed by atoms with van der Waals surface area (Å²) >= 11 is 0. The minimum absolute atomic E-state index is 0. The van der Waals surface area contributed by atoms with E-state index in [0.29, 0.717) is 25.7 Å². The van der Waals surface area contributed by atoms with E-state index < -0.39 is 0 Å². The van der Waals surface area contributed by atoms with Crippen molar-refractivity contribution in [1.82, 2.24) is 0 Å². The highest BCUT2D eigenvalue weighted by Crippen LogP contribution is 2.32. The number of ether oxygens (including phenoxy) is 3. The van der Waals surface area contributed by atoms with Crippen LogP contribution in [0.4, 0.5) is 5.69 Å². The molecule has 0 atom stereocenters. The van der Waals surface area contributed by atoms with E-state index in [9.17, 15) is 0 Å². The van der Waals surface area contributed by atoms with Crippen molar-refractivity contribution in [1.29, 1.82) is 0 Å². The molecule has 0 amide bonds. The molecule has 7 heteroatoms. The Bertz CT molecular complexity index is 781. The Balaban J connectivity index is 0.00000243. The number of methoxy groups -OCH3 is 1. The van der Waals surface area contributed by atoms with Crippen molar-refractivity contribution in [3.05, 3.63) is 47.5 Å². The van der Waals surface area contributed by atoms with Crippen LogP contribution in [0, 0.1) is 6.92 Å². The lowest BCUT2D eigenvalue weighted by atomic mass is 10.1. The van der Waals surface area contributed by atoms with Gasteiger partial charge in [-0.05, 0) is 30.7 Å². The van der Waals surface area contributed by atoms with Crippen LogP contribution in [0.1, 0.15) is 17.5 Å². The van der Waals surface area contributed by atoms with Gasteiger partial charge in [-0.3, -0.25) is 0 Å². The second-order valence-corrected chi connectivity index (χ2v) is 5.85. The predicted octanol–water partition coefficient (Wildman–Crippen LogP) is 3.71. The number of nitrogens with zero attached hydrogens (tertiary/aromatic N) is 1. The number of aliphatic imine (C=N–C) groups is 1. The summed E-state index contributed by atoms with van der Waals surface area (Å²) in [4.78, 5) is 4.39. The Morgan fingerprint density at radius 3 is 2.69 bits per heavy atom. The molecule has 1 aliphatic rings. The number of anilines is 1. The van der Waals surface area contributed by atoms with Crippen molar-refractivity contribution in [2.45, 2.75) is 19.9 Å². The summed E-state index contributed by atoms with van der Waals surface area (Å²) in [6.45, 7) is 3.78. The fraction of sp³-hybridized carbons (Fsp3) is 0.316. The number of aryl methyl sites for hydroxylation is 1. The molecule has 0 radical (unpaired) electrons. The van der Waals surface area contributed by atoms with Crippen molar-refractivity contribution < 1.29 is 14.2 Å². The zero-order chi connectivity index (χ0) is 17.6. The molecule has 3 rings (SSSR count). The Morgan fingerprint density at radius 2 is 1.92 bits per heavy atom. The van der Waals surface area contributed by atoms with Gasteiger partial charge in [0.15, 0.2) is 17.5 Å². The third-order valence-electron chi connectivity index (χ3n) is 3.88. The predicted molar refractivity (Wildman–Crippen MR) is 114 cm³/mol. The van der Waals surface area contributed by atoms with Crippen LogP contribution in [0.5, 0.6) is 17.2 Å². The zero-order valence-electron chi connectivity index (χ0n) is 15.0. The van der Waals surface area contributed by atoms with Crippen molar-refractivity contribution in [3.63, 3.8) is 0 Å². The van der Waals surface area contributed by atoms with Gasteiger partial charge in [-0.25, -0.2) is 4.99 Å². The molecule has 0 bridgehead atoms. The molecule has 0 saturated carbocycles. The molecular formula is C19H24IN3O3. The van der Waals surface area contributed by atoms with Crippen molar-refractivity contribution >= 4 is 35.6 Å². The van der Waals surface area contributed by atoms with E-state index in [1.807, 2.05) is 43.3 Å². The molecule has 2 aromatic carbocycles. The van der Waals surface area contributed by atoms with Crippen molar-refractivity contribution in [2.24, 2.45) is 10.7 Å². The fourth-order valence-electron chi connectivity index (χ4n) is 2.58. The molecule has 1 heterocycles. The smallest absolute Gasteiger partial charge is 0.193 e. The Labute approximate surface area is 170 Å². The molecule has 26 heavy (non-hydrogen) atoms.